The Kier molecular flexibility index (Phi) is 2.73. The summed E-state index contributed by atoms with van der Waals surface area (Å²) in [4.78, 5) is 5.75. The molecule has 2 nitrogen and oxygen atoms in total. The summed E-state index contributed by atoms with van der Waals surface area (Å²) in [5, 5.41) is 0. The molecule has 0 radical (unpaired) electrons. The average Bonchev–Trinajstić information content (AvgIpc) is 2.67. The molecule has 2 rings (SSSR count). The maximum Gasteiger partial charge on any atom is 0.0845 e. The van der Waals surface area contributed by atoms with Gasteiger partial charge >= 0.3 is 0 Å². The summed E-state index contributed by atoms with van der Waals surface area (Å²) >= 11 is 1.71. The van der Waals surface area contributed by atoms with Gasteiger partial charge in [0.1, 0.15) is 0 Å². The first-order valence-corrected chi connectivity index (χ1v) is 5.85. The standard InChI is InChI=1S/C12H14N2S/c1-8(2)12-11(14-7-15-12)9-3-5-10(13)6-4-9/h3-8H,13H2,1-2H3. The van der Waals surface area contributed by atoms with Gasteiger partial charge in [-0.05, 0) is 18.1 Å². The lowest BCUT2D eigenvalue weighted by Crippen LogP contribution is -1.89. The SMILES string of the molecule is CC(C)c1scnc1-c1ccc(N)cc1. The van der Waals surface area contributed by atoms with Crippen LogP contribution in [0.25, 0.3) is 11.3 Å². The summed E-state index contributed by atoms with van der Waals surface area (Å²) in [6.07, 6.45) is 0. The van der Waals surface area contributed by atoms with E-state index in [1.54, 1.807) is 11.3 Å². The molecule has 0 saturated heterocycles. The first-order valence-electron chi connectivity index (χ1n) is 4.98. The zero-order chi connectivity index (χ0) is 10.8. The van der Waals surface area contributed by atoms with Gasteiger partial charge in [-0.15, -0.1) is 11.3 Å². The summed E-state index contributed by atoms with van der Waals surface area (Å²) in [6.45, 7) is 4.38. The van der Waals surface area contributed by atoms with Gasteiger partial charge in [-0.3, -0.25) is 0 Å². The largest absolute Gasteiger partial charge is 0.399 e. The van der Waals surface area contributed by atoms with Gasteiger partial charge in [-0.2, -0.15) is 0 Å². The van der Waals surface area contributed by atoms with Crippen LogP contribution in [-0.4, -0.2) is 4.98 Å². The number of nitrogen functional groups attached to an aromatic ring is 1. The number of nitrogens with two attached hydrogens (primary N) is 1. The third-order valence-electron chi connectivity index (χ3n) is 2.30. The molecule has 78 valence electrons. The first kappa shape index (κ1) is 10.2. The molecule has 0 fully saturated rings. The Bertz CT molecular complexity index is 443. The summed E-state index contributed by atoms with van der Waals surface area (Å²) in [5.74, 6) is 0.519. The minimum atomic E-state index is 0.519. The van der Waals surface area contributed by atoms with Crippen molar-refractivity contribution in [3.8, 4) is 11.3 Å². The van der Waals surface area contributed by atoms with E-state index in [1.165, 1.54) is 4.88 Å². The van der Waals surface area contributed by atoms with Crippen LogP contribution in [0, 0.1) is 0 Å². The number of rotatable bonds is 2. The highest BCUT2D eigenvalue weighted by molar-refractivity contribution is 7.10. The fraction of sp³-hybridized carbons (Fsp3) is 0.250. The monoisotopic (exact) mass is 218 g/mol. The minimum Gasteiger partial charge on any atom is -0.399 e. The topological polar surface area (TPSA) is 38.9 Å². The Labute approximate surface area is 93.8 Å². The summed E-state index contributed by atoms with van der Waals surface area (Å²) < 4.78 is 0. The van der Waals surface area contributed by atoms with Crippen LogP contribution in [0.15, 0.2) is 29.8 Å². The van der Waals surface area contributed by atoms with Gasteiger partial charge in [-0.1, -0.05) is 26.0 Å². The zero-order valence-electron chi connectivity index (χ0n) is 8.90. The Hall–Kier alpha value is -1.35. The third kappa shape index (κ3) is 2.02. The molecule has 2 aromatic rings. The molecule has 0 aliphatic heterocycles. The van der Waals surface area contributed by atoms with E-state index in [1.807, 2.05) is 29.8 Å². The molecular weight excluding hydrogens is 204 g/mol. The highest BCUT2D eigenvalue weighted by Crippen LogP contribution is 2.31. The molecule has 0 spiro atoms. The van der Waals surface area contributed by atoms with E-state index in [9.17, 15) is 0 Å². The molecule has 2 N–H and O–H groups in total. The molecule has 3 heteroatoms. The molecule has 1 heterocycles. The van der Waals surface area contributed by atoms with E-state index in [0.717, 1.165) is 16.9 Å². The number of hydrogen-bond acceptors (Lipinski definition) is 3. The normalized spacial score (nSPS) is 10.9. The van der Waals surface area contributed by atoms with Gasteiger partial charge < -0.3 is 5.73 Å². The summed E-state index contributed by atoms with van der Waals surface area (Å²) in [6, 6.07) is 7.88. The predicted molar refractivity (Wildman–Crippen MR) is 66.1 cm³/mol. The van der Waals surface area contributed by atoms with Crippen LogP contribution >= 0.6 is 11.3 Å². The van der Waals surface area contributed by atoms with Crippen molar-refractivity contribution in [2.75, 3.05) is 5.73 Å². The van der Waals surface area contributed by atoms with Crippen LogP contribution in [-0.2, 0) is 0 Å². The van der Waals surface area contributed by atoms with Gasteiger partial charge in [0.25, 0.3) is 0 Å². The molecule has 0 aliphatic rings. The number of thiazole rings is 1. The summed E-state index contributed by atoms with van der Waals surface area (Å²) in [5.41, 5.74) is 10.6. The predicted octanol–water partition coefficient (Wildman–Crippen LogP) is 3.52. The molecule has 1 aromatic carbocycles. The number of aromatic nitrogens is 1. The van der Waals surface area contributed by atoms with Gasteiger partial charge in [0.15, 0.2) is 0 Å². The molecule has 0 saturated carbocycles. The van der Waals surface area contributed by atoms with Crippen molar-refractivity contribution in [3.63, 3.8) is 0 Å². The lowest BCUT2D eigenvalue weighted by atomic mass is 10.1. The Morgan fingerprint density at radius 1 is 1.20 bits per heavy atom. The maximum absolute atomic E-state index is 5.66. The zero-order valence-corrected chi connectivity index (χ0v) is 9.71. The summed E-state index contributed by atoms with van der Waals surface area (Å²) in [7, 11) is 0. The van der Waals surface area contributed by atoms with E-state index in [2.05, 4.69) is 18.8 Å². The molecule has 0 bridgehead atoms. The van der Waals surface area contributed by atoms with Gasteiger partial charge in [-0.25, -0.2) is 4.98 Å². The average molecular weight is 218 g/mol. The van der Waals surface area contributed by atoms with Crippen molar-refractivity contribution in [2.45, 2.75) is 19.8 Å². The van der Waals surface area contributed by atoms with Crippen molar-refractivity contribution in [3.05, 3.63) is 34.7 Å². The minimum absolute atomic E-state index is 0.519. The quantitative estimate of drug-likeness (QED) is 0.783. The molecule has 0 aliphatic carbocycles. The second-order valence-electron chi connectivity index (χ2n) is 3.84. The van der Waals surface area contributed by atoms with Gasteiger partial charge in [0.05, 0.1) is 11.2 Å². The van der Waals surface area contributed by atoms with E-state index in [0.29, 0.717) is 5.92 Å². The number of benzene rings is 1. The van der Waals surface area contributed by atoms with Gasteiger partial charge in [0.2, 0.25) is 0 Å². The lowest BCUT2D eigenvalue weighted by Gasteiger charge is -2.05. The lowest BCUT2D eigenvalue weighted by molar-refractivity contribution is 0.888. The van der Waals surface area contributed by atoms with E-state index >= 15 is 0 Å². The molecular formula is C12H14N2S. The third-order valence-corrected chi connectivity index (χ3v) is 3.43. The molecule has 1 aromatic heterocycles. The van der Waals surface area contributed by atoms with Crippen LogP contribution in [0.2, 0.25) is 0 Å². The van der Waals surface area contributed by atoms with Crippen LogP contribution in [0.1, 0.15) is 24.6 Å². The smallest absolute Gasteiger partial charge is 0.0845 e. The maximum atomic E-state index is 5.66. The second-order valence-corrected chi connectivity index (χ2v) is 4.73. The molecule has 0 atom stereocenters. The Balaban J connectivity index is 2.45. The van der Waals surface area contributed by atoms with Crippen molar-refractivity contribution in [2.24, 2.45) is 0 Å². The van der Waals surface area contributed by atoms with Crippen molar-refractivity contribution < 1.29 is 0 Å². The molecule has 0 unspecified atom stereocenters. The molecule has 15 heavy (non-hydrogen) atoms. The first-order chi connectivity index (χ1) is 7.18. The molecule has 0 amide bonds. The van der Waals surface area contributed by atoms with E-state index in [-0.39, 0.29) is 0 Å². The number of anilines is 1. The van der Waals surface area contributed by atoms with Crippen LogP contribution < -0.4 is 5.73 Å². The van der Waals surface area contributed by atoms with Crippen LogP contribution in [0.3, 0.4) is 0 Å². The van der Waals surface area contributed by atoms with Crippen molar-refractivity contribution >= 4 is 17.0 Å². The number of hydrogen-bond donors (Lipinski definition) is 1. The Morgan fingerprint density at radius 3 is 2.47 bits per heavy atom. The van der Waals surface area contributed by atoms with E-state index < -0.39 is 0 Å². The van der Waals surface area contributed by atoms with E-state index in [4.69, 9.17) is 5.73 Å². The fourth-order valence-corrected chi connectivity index (χ4v) is 2.35. The van der Waals surface area contributed by atoms with Crippen LogP contribution in [0.5, 0.6) is 0 Å². The van der Waals surface area contributed by atoms with Gasteiger partial charge in [0, 0.05) is 16.1 Å². The Morgan fingerprint density at radius 2 is 1.87 bits per heavy atom. The van der Waals surface area contributed by atoms with Crippen LogP contribution in [0.4, 0.5) is 5.69 Å². The van der Waals surface area contributed by atoms with Crippen molar-refractivity contribution in [1.82, 2.24) is 4.98 Å². The fourth-order valence-electron chi connectivity index (χ4n) is 1.52. The number of nitrogens with zero attached hydrogens (tertiary/aromatic N) is 1. The highest BCUT2D eigenvalue weighted by Gasteiger charge is 2.11. The van der Waals surface area contributed by atoms with Crippen molar-refractivity contribution in [1.29, 1.82) is 0 Å². The highest BCUT2D eigenvalue weighted by atomic mass is 32.1. The second kappa shape index (κ2) is 4.03.